The number of nitrogens with one attached hydrogen (secondary N) is 1. The number of nitriles is 1. The number of thiophene rings is 1. The molecule has 320 valence electrons. The van der Waals surface area contributed by atoms with Gasteiger partial charge in [-0.15, -0.1) is 11.3 Å². The highest BCUT2D eigenvalue weighted by molar-refractivity contribution is 7.23. The number of likely N-dealkylation sites (N-methyl/N-ethyl adjacent to an activating group) is 1. The van der Waals surface area contributed by atoms with E-state index in [4.69, 9.17) is 14.2 Å². The van der Waals surface area contributed by atoms with Crippen LogP contribution in [0.25, 0.3) is 32.1 Å². The van der Waals surface area contributed by atoms with E-state index in [-0.39, 0.29) is 55.4 Å². The van der Waals surface area contributed by atoms with Crippen LogP contribution >= 0.6 is 11.3 Å². The number of aromatic nitrogens is 2. The van der Waals surface area contributed by atoms with Crippen molar-refractivity contribution < 1.29 is 37.0 Å². The summed E-state index contributed by atoms with van der Waals surface area (Å²) in [6, 6.07) is 7.93. The molecule has 12 nitrogen and oxygen atoms in total. The fourth-order valence-electron chi connectivity index (χ4n) is 7.88. The van der Waals surface area contributed by atoms with Crippen LogP contribution in [0.15, 0.2) is 24.3 Å². The lowest BCUT2D eigenvalue weighted by Crippen LogP contribution is -2.45. The van der Waals surface area contributed by atoms with E-state index in [0.29, 0.717) is 36.8 Å². The first-order valence-electron chi connectivity index (χ1n) is 20.1. The fourth-order valence-corrected chi connectivity index (χ4v) is 8.95. The van der Waals surface area contributed by atoms with Gasteiger partial charge in [0.05, 0.1) is 29.5 Å². The number of methoxy groups -OCH3 is 1. The molecule has 0 spiro atoms. The maximum atomic E-state index is 16.7. The lowest BCUT2D eigenvalue weighted by molar-refractivity contribution is 0.0233. The van der Waals surface area contributed by atoms with Gasteiger partial charge in [-0.3, -0.25) is 10.2 Å². The quantitative estimate of drug-likeness (QED) is 0.207. The van der Waals surface area contributed by atoms with Gasteiger partial charge in [0, 0.05) is 42.5 Å². The molecule has 4 atom stereocenters. The van der Waals surface area contributed by atoms with Crippen LogP contribution in [0.5, 0.6) is 6.01 Å². The Morgan fingerprint density at radius 3 is 2.31 bits per heavy atom. The maximum absolute atomic E-state index is 16.7. The minimum absolute atomic E-state index is 0.0275. The van der Waals surface area contributed by atoms with E-state index in [1.165, 1.54) is 38.2 Å². The molecule has 1 N–H and O–H groups in total. The van der Waals surface area contributed by atoms with Crippen LogP contribution < -0.4 is 15.0 Å². The Bertz CT molecular complexity index is 2200. The van der Waals surface area contributed by atoms with E-state index in [1.807, 2.05) is 59.6 Å². The summed E-state index contributed by atoms with van der Waals surface area (Å²) >= 11 is 0.858. The average Bonchev–Trinajstić information content (AvgIpc) is 3.94. The maximum Gasteiger partial charge on any atom is 0.412 e. The molecule has 3 saturated heterocycles. The lowest BCUT2D eigenvalue weighted by atomic mass is 9.97. The summed E-state index contributed by atoms with van der Waals surface area (Å²) in [5.41, 5.74) is -1.22. The molecule has 16 heteroatoms. The minimum atomic E-state index is -0.810. The van der Waals surface area contributed by atoms with Crippen molar-refractivity contribution in [3.8, 4) is 23.2 Å². The summed E-state index contributed by atoms with van der Waals surface area (Å²) in [6.45, 7) is 18.8. The zero-order chi connectivity index (χ0) is 43.6. The molecule has 2 amide bonds. The minimum Gasteiger partial charge on any atom is -0.467 e. The topological polar surface area (TPSA) is 133 Å². The molecule has 4 unspecified atom stereocenters. The number of halogens is 3. The van der Waals surface area contributed by atoms with Gasteiger partial charge >= 0.3 is 18.2 Å². The first-order chi connectivity index (χ1) is 27.8. The number of rotatable bonds is 5. The van der Waals surface area contributed by atoms with Gasteiger partial charge < -0.3 is 24.0 Å². The normalized spacial score (nSPS) is 20.3. The molecule has 3 aliphatic rings. The first kappa shape index (κ1) is 45.2. The number of benzene rings is 2. The van der Waals surface area contributed by atoms with Crippen molar-refractivity contribution in [1.82, 2.24) is 19.8 Å². The van der Waals surface area contributed by atoms with Gasteiger partial charge in [0.2, 0.25) is 0 Å². The van der Waals surface area contributed by atoms with Crippen molar-refractivity contribution >= 4 is 55.3 Å². The van der Waals surface area contributed by atoms with Crippen LogP contribution in [-0.4, -0.2) is 101 Å². The summed E-state index contributed by atoms with van der Waals surface area (Å²) in [4.78, 5) is 40.2. The molecule has 0 bridgehead atoms. The number of likely N-dealkylation sites (tertiary alicyclic amines) is 1. The molecule has 0 saturated carbocycles. The molecule has 59 heavy (non-hydrogen) atoms. The average molecular weight is 840 g/mol. The highest BCUT2D eigenvalue weighted by Gasteiger charge is 2.39. The Morgan fingerprint density at radius 2 is 1.68 bits per heavy atom. The summed E-state index contributed by atoms with van der Waals surface area (Å²) < 4.78 is 60.8. The van der Waals surface area contributed by atoms with Crippen LogP contribution in [-0.2, 0) is 9.47 Å². The van der Waals surface area contributed by atoms with Gasteiger partial charge in [-0.1, -0.05) is 26.0 Å². The standard InChI is InChI=1S/C34H38F2N6O5S.C7H12FN.C2H6/c1-17-23(14-15-42(17)32(44)47-34(5,6)7)41(8)28-20-11-10-19(25(36)26(20)38-30(39-28)45-9)18-12-13-22(35)27-24(18)21(16-37)29(48-27)40-31(43)46-33(2,3)4;8-6-4-7-2-1-3-9(7)5-6;1-2/h10-13,17,23H,14-15H2,1-9H3,(H,40,43);6-7H,1-5H2;1-2H3. The summed E-state index contributed by atoms with van der Waals surface area (Å²) in [7, 11) is 3.20. The predicted molar refractivity (Wildman–Crippen MR) is 226 cm³/mol. The third-order valence-corrected chi connectivity index (χ3v) is 11.5. The van der Waals surface area contributed by atoms with E-state index in [0.717, 1.165) is 24.3 Å². The molecule has 7 rings (SSSR count). The second kappa shape index (κ2) is 18.2. The fraction of sp³-hybridized carbons (Fsp3) is 0.558. The third kappa shape index (κ3) is 9.95. The number of nitrogens with zero attached hydrogens (tertiary/aromatic N) is 6. The molecular weight excluding hydrogens is 784 g/mol. The van der Waals surface area contributed by atoms with Gasteiger partial charge in [-0.2, -0.15) is 15.2 Å². The molecule has 5 heterocycles. The van der Waals surface area contributed by atoms with Crippen LogP contribution in [0.3, 0.4) is 0 Å². The third-order valence-electron chi connectivity index (χ3n) is 10.4. The smallest absolute Gasteiger partial charge is 0.412 e. The molecule has 3 fully saturated rings. The van der Waals surface area contributed by atoms with Crippen molar-refractivity contribution in [2.24, 2.45) is 0 Å². The molecule has 0 aliphatic carbocycles. The van der Waals surface area contributed by atoms with Crippen LogP contribution in [0, 0.1) is 23.0 Å². The van der Waals surface area contributed by atoms with E-state index < -0.39 is 41.2 Å². The highest BCUT2D eigenvalue weighted by Crippen LogP contribution is 2.44. The zero-order valence-corrected chi connectivity index (χ0v) is 36.7. The van der Waals surface area contributed by atoms with Crippen LogP contribution in [0.4, 0.5) is 33.6 Å². The van der Waals surface area contributed by atoms with Gasteiger partial charge in [-0.25, -0.2) is 22.8 Å². The van der Waals surface area contributed by atoms with Gasteiger partial charge in [0.15, 0.2) is 5.82 Å². The Morgan fingerprint density at radius 1 is 1.00 bits per heavy atom. The summed E-state index contributed by atoms with van der Waals surface area (Å²) in [5, 5.41) is 13.3. The van der Waals surface area contributed by atoms with Gasteiger partial charge in [0.1, 0.15) is 45.6 Å². The number of hydrogen-bond donors (Lipinski definition) is 1. The van der Waals surface area contributed by atoms with Gasteiger partial charge in [-0.05, 0) is 98.4 Å². The molecule has 0 radical (unpaired) electrons. The van der Waals surface area contributed by atoms with E-state index >= 15 is 8.78 Å². The van der Waals surface area contributed by atoms with Crippen molar-refractivity contribution in [2.45, 2.75) is 123 Å². The second-order valence-corrected chi connectivity index (χ2v) is 17.7. The Kier molecular flexibility index (Phi) is 13.9. The first-order valence-corrected chi connectivity index (χ1v) is 20.9. The van der Waals surface area contributed by atoms with E-state index in [9.17, 15) is 19.2 Å². The largest absolute Gasteiger partial charge is 0.467 e. The highest BCUT2D eigenvalue weighted by atomic mass is 32.1. The number of amides is 2. The van der Waals surface area contributed by atoms with Gasteiger partial charge in [0.25, 0.3) is 0 Å². The number of ether oxygens (including phenoxy) is 3. The predicted octanol–water partition coefficient (Wildman–Crippen LogP) is 10.1. The Balaban J connectivity index is 0.000000519. The summed E-state index contributed by atoms with van der Waals surface area (Å²) in [5.74, 6) is -0.971. The zero-order valence-electron chi connectivity index (χ0n) is 35.8. The Hall–Kier alpha value is -4.88. The molecule has 4 aromatic rings. The summed E-state index contributed by atoms with van der Waals surface area (Å²) in [6.07, 6.45) is 2.21. The SMILES string of the molecule is CC.COc1nc(N(C)C2CCN(C(=O)OC(C)(C)C)C2C)c2ccc(-c3ccc(F)c4sc(NC(=O)OC(C)(C)C)c(C#N)c34)c(F)c2n1.FC1CC2CCCN2C1. The molecule has 2 aromatic heterocycles. The number of alkyl halides is 1. The van der Waals surface area contributed by atoms with Crippen molar-refractivity contribution in [1.29, 1.82) is 5.26 Å². The monoisotopic (exact) mass is 839 g/mol. The number of fused-ring (bicyclic) bond motifs is 3. The van der Waals surface area contributed by atoms with Crippen molar-refractivity contribution in [3.63, 3.8) is 0 Å². The molecule has 3 aliphatic heterocycles. The van der Waals surface area contributed by atoms with E-state index in [2.05, 4.69) is 20.2 Å². The van der Waals surface area contributed by atoms with Crippen LogP contribution in [0.2, 0.25) is 0 Å². The van der Waals surface area contributed by atoms with Crippen molar-refractivity contribution in [2.75, 3.05) is 44.0 Å². The second-order valence-electron chi connectivity index (χ2n) is 16.7. The Labute approximate surface area is 348 Å². The number of carbonyl (C=O) groups is 2. The number of anilines is 2. The van der Waals surface area contributed by atoms with Crippen molar-refractivity contribution in [3.05, 3.63) is 41.5 Å². The molecular formula is C43H56F3N7O5S. The lowest BCUT2D eigenvalue weighted by Gasteiger charge is -2.33. The number of hydrogen-bond acceptors (Lipinski definition) is 11. The molecule has 2 aromatic carbocycles. The van der Waals surface area contributed by atoms with Crippen LogP contribution in [0.1, 0.15) is 93.6 Å². The number of carbonyl (C=O) groups excluding carboxylic acids is 2. The van der Waals surface area contributed by atoms with E-state index in [1.54, 1.807) is 31.7 Å².